The van der Waals surface area contributed by atoms with Crippen molar-refractivity contribution in [2.75, 3.05) is 5.32 Å². The second-order valence-corrected chi connectivity index (χ2v) is 8.02. The molecule has 0 saturated carbocycles. The summed E-state index contributed by atoms with van der Waals surface area (Å²) in [6, 6.07) is 8.41. The molecule has 0 aliphatic carbocycles. The van der Waals surface area contributed by atoms with Crippen LogP contribution in [0.1, 0.15) is 32.9 Å². The molecule has 0 fully saturated rings. The number of hydrogen-bond acceptors (Lipinski definition) is 3. The molecule has 0 atom stereocenters. The highest BCUT2D eigenvalue weighted by Gasteiger charge is 2.20. The Morgan fingerprint density at radius 3 is 2.35 bits per heavy atom. The molecule has 0 unspecified atom stereocenters. The van der Waals surface area contributed by atoms with Crippen molar-refractivity contribution in [1.29, 1.82) is 0 Å². The summed E-state index contributed by atoms with van der Waals surface area (Å²) in [6.45, 7) is 3.51. The molecule has 1 amide bonds. The van der Waals surface area contributed by atoms with Crippen LogP contribution in [-0.2, 0) is 13.1 Å². The molecule has 34 heavy (non-hydrogen) atoms. The fraction of sp³-hybridized carbons (Fsp3) is 0.174. The lowest BCUT2D eigenvalue weighted by Gasteiger charge is -2.08. The topological polar surface area (TPSA) is 64.7 Å². The van der Waals surface area contributed by atoms with Crippen LogP contribution in [0.4, 0.5) is 23.4 Å². The number of carbonyl (C=O) groups is 1. The Balaban J connectivity index is 1.47. The van der Waals surface area contributed by atoms with Crippen LogP contribution in [0.15, 0.2) is 42.6 Å². The number of halogens is 5. The van der Waals surface area contributed by atoms with E-state index in [0.717, 1.165) is 15.9 Å². The quantitative estimate of drug-likeness (QED) is 0.296. The Morgan fingerprint density at radius 2 is 1.71 bits per heavy atom. The zero-order valence-corrected chi connectivity index (χ0v) is 18.8. The maximum absolute atomic E-state index is 13.9. The molecule has 2 aromatic heterocycles. The number of carbonyl (C=O) groups excluding carboxylic acids is 1. The molecule has 1 N–H and O–H groups in total. The summed E-state index contributed by atoms with van der Waals surface area (Å²) in [6.07, 6.45) is 1.32. The predicted molar refractivity (Wildman–Crippen MR) is 118 cm³/mol. The van der Waals surface area contributed by atoms with Crippen LogP contribution < -0.4 is 5.32 Å². The lowest BCUT2D eigenvalue weighted by molar-refractivity contribution is 0.102. The third kappa shape index (κ3) is 4.67. The number of nitrogens with one attached hydrogen (secondary N) is 1. The summed E-state index contributed by atoms with van der Waals surface area (Å²) in [5.41, 5.74) is 1.88. The molecule has 4 aromatic rings. The third-order valence-corrected chi connectivity index (χ3v) is 5.77. The van der Waals surface area contributed by atoms with Gasteiger partial charge in [0.15, 0.2) is 29.1 Å². The van der Waals surface area contributed by atoms with E-state index in [9.17, 15) is 22.4 Å². The Kier molecular flexibility index (Phi) is 6.43. The number of nitrogens with zero attached hydrogens (tertiary/aromatic N) is 4. The van der Waals surface area contributed by atoms with Gasteiger partial charge in [-0.3, -0.25) is 14.2 Å². The molecule has 11 heteroatoms. The number of amides is 1. The zero-order valence-electron chi connectivity index (χ0n) is 18.0. The second kappa shape index (κ2) is 9.30. The predicted octanol–water partition coefficient (Wildman–Crippen LogP) is 5.26. The van der Waals surface area contributed by atoms with Gasteiger partial charge in [0.1, 0.15) is 0 Å². The standard InChI is InChI=1S/C23H18ClF4N5O/c1-12-20(24)13(2)33(30-12)10-14-4-3-5-15(8-14)23(34)29-19-6-7-32(31-19)11-16-21(27)17(25)9-18(26)22(16)28/h3-9H,10-11H2,1-2H3,(H,29,31,34). The van der Waals surface area contributed by atoms with Crippen molar-refractivity contribution < 1.29 is 22.4 Å². The van der Waals surface area contributed by atoms with E-state index in [4.69, 9.17) is 11.6 Å². The first kappa shape index (κ1) is 23.5. The van der Waals surface area contributed by atoms with Crippen molar-refractivity contribution in [2.45, 2.75) is 26.9 Å². The second-order valence-electron chi connectivity index (χ2n) is 7.64. The Morgan fingerprint density at radius 1 is 1.00 bits per heavy atom. The highest BCUT2D eigenvalue weighted by Crippen LogP contribution is 2.22. The number of anilines is 1. The Labute approximate surface area is 196 Å². The van der Waals surface area contributed by atoms with Gasteiger partial charge in [0.2, 0.25) is 0 Å². The lowest BCUT2D eigenvalue weighted by Crippen LogP contribution is -2.14. The van der Waals surface area contributed by atoms with Gasteiger partial charge in [-0.15, -0.1) is 0 Å². The first-order valence-corrected chi connectivity index (χ1v) is 10.5. The molecule has 176 valence electrons. The van der Waals surface area contributed by atoms with Gasteiger partial charge >= 0.3 is 0 Å². The van der Waals surface area contributed by atoms with Crippen molar-refractivity contribution >= 4 is 23.3 Å². The number of hydrogen-bond donors (Lipinski definition) is 1. The number of aromatic nitrogens is 4. The molecule has 0 aliphatic rings. The molecule has 2 aromatic carbocycles. The number of aryl methyl sites for hydroxylation is 1. The molecular formula is C23H18ClF4N5O. The summed E-state index contributed by atoms with van der Waals surface area (Å²) in [5.74, 6) is -6.37. The van der Waals surface area contributed by atoms with Crippen molar-refractivity contribution in [3.05, 3.63) is 99.0 Å². The van der Waals surface area contributed by atoms with E-state index in [1.54, 1.807) is 22.9 Å². The van der Waals surface area contributed by atoms with Gasteiger partial charge < -0.3 is 5.32 Å². The molecule has 2 heterocycles. The highest BCUT2D eigenvalue weighted by atomic mass is 35.5. The zero-order chi connectivity index (χ0) is 24.6. The van der Waals surface area contributed by atoms with Crippen LogP contribution in [0.5, 0.6) is 0 Å². The minimum atomic E-state index is -1.50. The van der Waals surface area contributed by atoms with Gasteiger partial charge in [0, 0.05) is 23.9 Å². The summed E-state index contributed by atoms with van der Waals surface area (Å²) in [4.78, 5) is 12.7. The minimum absolute atomic E-state index is 0.0958. The van der Waals surface area contributed by atoms with Crippen molar-refractivity contribution in [3.63, 3.8) is 0 Å². The Hall–Kier alpha value is -3.66. The van der Waals surface area contributed by atoms with Crippen LogP contribution >= 0.6 is 11.6 Å². The van der Waals surface area contributed by atoms with E-state index >= 15 is 0 Å². The van der Waals surface area contributed by atoms with E-state index in [0.29, 0.717) is 22.8 Å². The van der Waals surface area contributed by atoms with Gasteiger partial charge in [-0.05, 0) is 31.5 Å². The minimum Gasteiger partial charge on any atom is -0.305 e. The van der Waals surface area contributed by atoms with Crippen LogP contribution in [0, 0.1) is 37.1 Å². The summed E-state index contributed by atoms with van der Waals surface area (Å²) in [7, 11) is 0. The molecule has 0 saturated heterocycles. The number of benzene rings is 2. The van der Waals surface area contributed by atoms with Gasteiger partial charge in [-0.1, -0.05) is 23.7 Å². The van der Waals surface area contributed by atoms with Crippen LogP contribution in [0.25, 0.3) is 0 Å². The van der Waals surface area contributed by atoms with Crippen LogP contribution in [0.2, 0.25) is 5.02 Å². The summed E-state index contributed by atoms with van der Waals surface area (Å²) < 4.78 is 57.4. The third-order valence-electron chi connectivity index (χ3n) is 5.22. The molecular weight excluding hydrogens is 474 g/mol. The van der Waals surface area contributed by atoms with Crippen molar-refractivity contribution in [3.8, 4) is 0 Å². The fourth-order valence-electron chi connectivity index (χ4n) is 3.44. The van der Waals surface area contributed by atoms with E-state index in [-0.39, 0.29) is 11.9 Å². The molecule has 0 bridgehead atoms. The monoisotopic (exact) mass is 491 g/mol. The lowest BCUT2D eigenvalue weighted by atomic mass is 10.1. The van der Waals surface area contributed by atoms with Crippen molar-refractivity contribution in [2.24, 2.45) is 0 Å². The first-order valence-electron chi connectivity index (χ1n) is 10.1. The highest BCUT2D eigenvalue weighted by molar-refractivity contribution is 6.31. The van der Waals surface area contributed by atoms with Gasteiger partial charge in [-0.2, -0.15) is 10.2 Å². The van der Waals surface area contributed by atoms with E-state index in [1.807, 2.05) is 19.9 Å². The molecule has 0 spiro atoms. The fourth-order valence-corrected chi connectivity index (χ4v) is 3.58. The van der Waals surface area contributed by atoms with Crippen LogP contribution in [-0.4, -0.2) is 25.5 Å². The largest absolute Gasteiger partial charge is 0.305 e. The van der Waals surface area contributed by atoms with Gasteiger partial charge in [-0.25, -0.2) is 17.6 Å². The average Bonchev–Trinajstić information content (AvgIpc) is 3.35. The molecule has 0 aliphatic heterocycles. The summed E-state index contributed by atoms with van der Waals surface area (Å²) in [5, 5.41) is 11.6. The first-order chi connectivity index (χ1) is 16.1. The smallest absolute Gasteiger partial charge is 0.256 e. The number of rotatable bonds is 6. The maximum atomic E-state index is 13.9. The Bertz CT molecular complexity index is 1370. The molecule has 6 nitrogen and oxygen atoms in total. The van der Waals surface area contributed by atoms with Gasteiger partial charge in [0.25, 0.3) is 5.91 Å². The summed E-state index contributed by atoms with van der Waals surface area (Å²) >= 11 is 6.19. The van der Waals surface area contributed by atoms with E-state index in [1.165, 1.54) is 12.3 Å². The average molecular weight is 492 g/mol. The molecule has 0 radical (unpaired) electrons. The maximum Gasteiger partial charge on any atom is 0.256 e. The van der Waals surface area contributed by atoms with Crippen molar-refractivity contribution in [1.82, 2.24) is 19.6 Å². The SMILES string of the molecule is Cc1nn(Cc2cccc(C(=O)Nc3ccn(Cc4c(F)c(F)cc(F)c4F)n3)c2)c(C)c1Cl. The van der Waals surface area contributed by atoms with E-state index in [2.05, 4.69) is 15.5 Å². The molecule has 4 rings (SSSR count). The van der Waals surface area contributed by atoms with Gasteiger partial charge in [0.05, 0.1) is 35.1 Å². The van der Waals surface area contributed by atoms with E-state index < -0.39 is 41.3 Å². The van der Waals surface area contributed by atoms with Crippen LogP contribution in [0.3, 0.4) is 0 Å². The normalized spacial score (nSPS) is 11.1.